The Kier molecular flexibility index (Phi) is 5.35. The molecule has 2 heterocycles. The van der Waals surface area contributed by atoms with Crippen molar-refractivity contribution in [2.45, 2.75) is 6.04 Å². The van der Waals surface area contributed by atoms with E-state index in [9.17, 15) is 9.59 Å². The van der Waals surface area contributed by atoms with Crippen LogP contribution in [0.5, 0.6) is 11.5 Å². The third-order valence-corrected chi connectivity index (χ3v) is 4.92. The van der Waals surface area contributed by atoms with E-state index in [1.165, 1.54) is 26.0 Å². The molecule has 0 amide bonds. The first-order chi connectivity index (χ1) is 15.1. The molecule has 31 heavy (non-hydrogen) atoms. The third kappa shape index (κ3) is 3.48. The van der Waals surface area contributed by atoms with Crippen LogP contribution in [0.25, 0.3) is 0 Å². The summed E-state index contributed by atoms with van der Waals surface area (Å²) in [6.45, 7) is 0. The number of aromatic nitrogens is 4. The standard InChI is InChI=1S/C21H19N5O5/c1-29-13-8-6-7-12(11-13)19(27)16-17(20(28)31-3)22-21-23-24-25-26(21)18(16)14-9-4-5-10-15(14)30-2/h4-11,18H,1-3H3,(H,22,23,25)/t18-/m0/s1. The molecule has 3 aromatic rings. The number of ether oxygens (including phenoxy) is 3. The lowest BCUT2D eigenvalue weighted by Crippen LogP contribution is -2.33. The molecular formula is C21H19N5O5. The largest absolute Gasteiger partial charge is 0.497 e. The first-order valence-corrected chi connectivity index (χ1v) is 9.28. The lowest BCUT2D eigenvalue weighted by Gasteiger charge is -2.29. The van der Waals surface area contributed by atoms with Crippen LogP contribution in [0.1, 0.15) is 22.0 Å². The van der Waals surface area contributed by atoms with Gasteiger partial charge in [-0.25, -0.2) is 4.79 Å². The number of anilines is 1. The van der Waals surface area contributed by atoms with Crippen molar-refractivity contribution in [1.82, 2.24) is 20.2 Å². The van der Waals surface area contributed by atoms with Gasteiger partial charge >= 0.3 is 5.97 Å². The van der Waals surface area contributed by atoms with Gasteiger partial charge in [0.15, 0.2) is 5.78 Å². The number of tetrazole rings is 1. The molecule has 2 aromatic carbocycles. The molecule has 1 atom stereocenters. The summed E-state index contributed by atoms with van der Waals surface area (Å²) >= 11 is 0. The molecular weight excluding hydrogens is 402 g/mol. The van der Waals surface area contributed by atoms with E-state index in [0.717, 1.165) is 0 Å². The Morgan fingerprint density at radius 3 is 2.58 bits per heavy atom. The molecule has 1 aliphatic rings. The van der Waals surface area contributed by atoms with Crippen molar-refractivity contribution < 1.29 is 23.8 Å². The summed E-state index contributed by atoms with van der Waals surface area (Å²) in [6.07, 6.45) is 0. The number of nitrogens with zero attached hydrogens (tertiary/aromatic N) is 4. The van der Waals surface area contributed by atoms with E-state index in [1.807, 2.05) is 0 Å². The Bertz CT molecular complexity index is 1190. The number of rotatable bonds is 6. The zero-order valence-corrected chi connectivity index (χ0v) is 17.0. The highest BCUT2D eigenvalue weighted by atomic mass is 16.5. The quantitative estimate of drug-likeness (QED) is 0.471. The molecule has 4 rings (SSSR count). The molecule has 1 aromatic heterocycles. The molecule has 0 bridgehead atoms. The Hall–Kier alpha value is -4.21. The molecule has 0 saturated heterocycles. The van der Waals surface area contributed by atoms with Gasteiger partial charge in [-0.15, -0.1) is 0 Å². The molecule has 0 saturated carbocycles. The number of carbonyl (C=O) groups excluding carboxylic acids is 2. The van der Waals surface area contributed by atoms with E-state index in [0.29, 0.717) is 22.6 Å². The Morgan fingerprint density at radius 2 is 1.84 bits per heavy atom. The second-order valence-electron chi connectivity index (χ2n) is 6.56. The van der Waals surface area contributed by atoms with Crippen molar-refractivity contribution in [2.24, 2.45) is 0 Å². The highest BCUT2D eigenvalue weighted by molar-refractivity contribution is 6.15. The molecule has 158 valence electrons. The van der Waals surface area contributed by atoms with Crippen LogP contribution in [-0.2, 0) is 9.53 Å². The Balaban J connectivity index is 1.98. The van der Waals surface area contributed by atoms with Crippen LogP contribution in [0.2, 0.25) is 0 Å². The highest BCUT2D eigenvalue weighted by Crippen LogP contribution is 2.40. The van der Waals surface area contributed by atoms with Gasteiger partial charge in [0.05, 0.1) is 26.9 Å². The zero-order valence-electron chi connectivity index (χ0n) is 17.0. The number of methoxy groups -OCH3 is 3. The van der Waals surface area contributed by atoms with Crippen LogP contribution >= 0.6 is 0 Å². The number of nitrogens with one attached hydrogen (secondary N) is 1. The van der Waals surface area contributed by atoms with Crippen molar-refractivity contribution in [3.8, 4) is 11.5 Å². The van der Waals surface area contributed by atoms with E-state index in [2.05, 4.69) is 20.8 Å². The normalized spacial score (nSPS) is 15.0. The van der Waals surface area contributed by atoms with E-state index in [-0.39, 0.29) is 17.2 Å². The summed E-state index contributed by atoms with van der Waals surface area (Å²) in [4.78, 5) is 26.4. The summed E-state index contributed by atoms with van der Waals surface area (Å²) in [5, 5.41) is 14.5. The van der Waals surface area contributed by atoms with E-state index in [4.69, 9.17) is 14.2 Å². The Morgan fingerprint density at radius 1 is 1.03 bits per heavy atom. The maximum Gasteiger partial charge on any atom is 0.355 e. The third-order valence-electron chi connectivity index (χ3n) is 4.92. The zero-order chi connectivity index (χ0) is 22.0. The number of benzene rings is 2. The maximum absolute atomic E-state index is 13.7. The molecule has 1 aliphatic heterocycles. The monoisotopic (exact) mass is 421 g/mol. The first kappa shape index (κ1) is 20.1. The van der Waals surface area contributed by atoms with Gasteiger partial charge in [0.1, 0.15) is 23.2 Å². The highest BCUT2D eigenvalue weighted by Gasteiger charge is 2.39. The van der Waals surface area contributed by atoms with Gasteiger partial charge in [-0.3, -0.25) is 4.79 Å². The van der Waals surface area contributed by atoms with Crippen LogP contribution in [0.4, 0.5) is 5.95 Å². The van der Waals surface area contributed by atoms with Crippen LogP contribution in [0, 0.1) is 0 Å². The maximum atomic E-state index is 13.7. The first-order valence-electron chi connectivity index (χ1n) is 9.28. The van der Waals surface area contributed by atoms with E-state index in [1.54, 1.807) is 48.5 Å². The minimum atomic E-state index is -0.838. The SMILES string of the molecule is COC(=O)C1=C(C(=O)c2cccc(OC)c2)[C@H](c2ccccc2OC)n2nnnc2N1. The van der Waals surface area contributed by atoms with Crippen LogP contribution in [-0.4, -0.2) is 53.3 Å². The number of fused-ring (bicyclic) bond motifs is 1. The van der Waals surface area contributed by atoms with Gasteiger partial charge in [-0.05, 0) is 28.6 Å². The summed E-state index contributed by atoms with van der Waals surface area (Å²) in [5.74, 6) is 0.0746. The lowest BCUT2D eigenvalue weighted by molar-refractivity contribution is -0.136. The fourth-order valence-electron chi connectivity index (χ4n) is 3.49. The number of carbonyl (C=O) groups is 2. The molecule has 0 fully saturated rings. The number of allylic oxidation sites excluding steroid dienone is 1. The van der Waals surface area contributed by atoms with Crippen molar-refractivity contribution in [2.75, 3.05) is 26.6 Å². The summed E-state index contributed by atoms with van der Waals surface area (Å²) in [6, 6.07) is 13.0. The second-order valence-corrected chi connectivity index (χ2v) is 6.56. The predicted molar refractivity (Wildman–Crippen MR) is 109 cm³/mol. The van der Waals surface area contributed by atoms with Crippen LogP contribution < -0.4 is 14.8 Å². The van der Waals surface area contributed by atoms with Gasteiger partial charge in [-0.1, -0.05) is 35.4 Å². The van der Waals surface area contributed by atoms with Gasteiger partial charge < -0.3 is 19.5 Å². The molecule has 0 unspecified atom stereocenters. The molecule has 0 spiro atoms. The Labute approximate surface area is 177 Å². The van der Waals surface area contributed by atoms with Crippen molar-refractivity contribution in [3.63, 3.8) is 0 Å². The minimum absolute atomic E-state index is 0.0477. The fourth-order valence-corrected chi connectivity index (χ4v) is 3.49. The van der Waals surface area contributed by atoms with E-state index >= 15 is 0 Å². The van der Waals surface area contributed by atoms with Gasteiger partial charge in [0, 0.05) is 11.1 Å². The topological polar surface area (TPSA) is 117 Å². The summed E-state index contributed by atoms with van der Waals surface area (Å²) < 4.78 is 17.1. The molecule has 1 N–H and O–H groups in total. The number of ketones is 1. The number of hydrogen-bond acceptors (Lipinski definition) is 9. The van der Waals surface area contributed by atoms with Crippen molar-refractivity contribution in [1.29, 1.82) is 0 Å². The molecule has 10 heteroatoms. The summed E-state index contributed by atoms with van der Waals surface area (Å²) in [5.41, 5.74) is 1.000. The van der Waals surface area contributed by atoms with Crippen molar-refractivity contribution >= 4 is 17.7 Å². The van der Waals surface area contributed by atoms with Gasteiger partial charge in [0.2, 0.25) is 5.95 Å². The fraction of sp³-hybridized carbons (Fsp3) is 0.190. The van der Waals surface area contributed by atoms with Gasteiger partial charge in [0.25, 0.3) is 0 Å². The number of Topliss-reactive ketones (excluding diaryl/α,β-unsaturated/α-hetero) is 1. The molecule has 0 radical (unpaired) electrons. The van der Waals surface area contributed by atoms with Gasteiger partial charge in [-0.2, -0.15) is 4.68 Å². The minimum Gasteiger partial charge on any atom is -0.497 e. The van der Waals surface area contributed by atoms with Crippen LogP contribution in [0.15, 0.2) is 59.8 Å². The summed E-state index contributed by atoms with van der Waals surface area (Å²) in [7, 11) is 4.27. The van der Waals surface area contributed by atoms with Crippen LogP contribution in [0.3, 0.4) is 0 Å². The lowest BCUT2D eigenvalue weighted by atomic mass is 9.89. The molecule has 10 nitrogen and oxygen atoms in total. The average Bonchev–Trinajstić information content (AvgIpc) is 3.30. The predicted octanol–water partition coefficient (Wildman–Crippen LogP) is 2.02. The van der Waals surface area contributed by atoms with Crippen molar-refractivity contribution in [3.05, 3.63) is 70.9 Å². The number of para-hydroxylation sites is 1. The average molecular weight is 421 g/mol. The number of esters is 1. The van der Waals surface area contributed by atoms with E-state index < -0.39 is 17.8 Å². The number of hydrogen-bond donors (Lipinski definition) is 1. The smallest absolute Gasteiger partial charge is 0.355 e. The second kappa shape index (κ2) is 8.27. The molecule has 0 aliphatic carbocycles.